The first kappa shape index (κ1) is 26.7. The Hall–Kier alpha value is -3.92. The van der Waals surface area contributed by atoms with E-state index < -0.39 is 23.4 Å². The number of para-hydroxylation sites is 1. The third kappa shape index (κ3) is 5.65. The van der Waals surface area contributed by atoms with Crippen LogP contribution >= 0.6 is 11.5 Å². The molecular formula is C26H31N5O4S. The number of anilines is 2. The Morgan fingerprint density at radius 3 is 2.28 bits per heavy atom. The zero-order valence-corrected chi connectivity index (χ0v) is 21.8. The summed E-state index contributed by atoms with van der Waals surface area (Å²) < 4.78 is 9.27. The molecule has 3 aromatic rings. The summed E-state index contributed by atoms with van der Waals surface area (Å²) in [5, 5.41) is 3.00. The van der Waals surface area contributed by atoms with Gasteiger partial charge in [-0.25, -0.2) is 0 Å². The first-order chi connectivity index (χ1) is 17.0. The number of amides is 3. The lowest BCUT2D eigenvalue weighted by Crippen LogP contribution is -2.49. The van der Waals surface area contributed by atoms with Crippen molar-refractivity contribution in [3.63, 3.8) is 0 Å². The number of primary amides is 1. The predicted octanol–water partition coefficient (Wildman–Crippen LogP) is 3.70. The quantitative estimate of drug-likeness (QED) is 0.423. The van der Waals surface area contributed by atoms with Crippen molar-refractivity contribution in [2.24, 2.45) is 5.73 Å². The number of ether oxygens (including phenoxy) is 1. The number of nitrogens with one attached hydrogen (secondary N) is 1. The Balaban J connectivity index is 2.28. The van der Waals surface area contributed by atoms with Crippen LogP contribution in [0.1, 0.15) is 65.0 Å². The molecule has 1 aromatic heterocycles. The Bertz CT molecular complexity index is 1260. The van der Waals surface area contributed by atoms with Gasteiger partial charge < -0.3 is 21.5 Å². The second-order valence-corrected chi connectivity index (χ2v) is 9.98. The van der Waals surface area contributed by atoms with Crippen LogP contribution in [0.25, 0.3) is 0 Å². The fraction of sp³-hybridized carbons (Fsp3) is 0.308. The van der Waals surface area contributed by atoms with Gasteiger partial charge in [-0.3, -0.25) is 19.3 Å². The van der Waals surface area contributed by atoms with Crippen LogP contribution in [0.15, 0.2) is 48.5 Å². The van der Waals surface area contributed by atoms with Gasteiger partial charge in [-0.1, -0.05) is 37.3 Å². The van der Waals surface area contributed by atoms with E-state index >= 15 is 0 Å². The Morgan fingerprint density at radius 1 is 1.11 bits per heavy atom. The molecule has 0 saturated heterocycles. The number of aryl methyl sites for hydroxylation is 1. The molecule has 10 heteroatoms. The van der Waals surface area contributed by atoms with Gasteiger partial charge in [0.1, 0.15) is 16.7 Å². The number of aromatic nitrogens is 1. The molecule has 0 aliphatic carbocycles. The van der Waals surface area contributed by atoms with Gasteiger partial charge in [0.25, 0.3) is 11.8 Å². The summed E-state index contributed by atoms with van der Waals surface area (Å²) in [6, 6.07) is 13.2. The topological polar surface area (TPSA) is 141 Å². The number of hydrogen-bond donors (Lipinski definition) is 3. The number of benzene rings is 2. The molecule has 0 spiro atoms. The molecule has 0 aliphatic heterocycles. The van der Waals surface area contributed by atoms with Gasteiger partial charge in [-0.05, 0) is 68.1 Å². The Morgan fingerprint density at radius 2 is 1.75 bits per heavy atom. The number of carbonyl (C=O) groups excluding carboxylic acids is 3. The minimum absolute atomic E-state index is 0.0248. The summed E-state index contributed by atoms with van der Waals surface area (Å²) in [5.41, 5.74) is 12.6. The molecular weight excluding hydrogens is 478 g/mol. The smallest absolute Gasteiger partial charge is 0.273 e. The molecule has 0 fully saturated rings. The first-order valence-corrected chi connectivity index (χ1v) is 12.2. The van der Waals surface area contributed by atoms with Crippen molar-refractivity contribution in [1.29, 1.82) is 0 Å². The second kappa shape index (κ2) is 10.8. The fourth-order valence-electron chi connectivity index (χ4n) is 3.79. The van der Waals surface area contributed by atoms with Gasteiger partial charge in [-0.2, -0.15) is 4.37 Å². The lowest BCUT2D eigenvalue weighted by atomic mass is 9.99. The van der Waals surface area contributed by atoms with Gasteiger partial charge in [0, 0.05) is 11.2 Å². The van der Waals surface area contributed by atoms with E-state index in [4.69, 9.17) is 16.2 Å². The average molecular weight is 510 g/mol. The molecule has 190 valence electrons. The molecule has 3 amide bonds. The van der Waals surface area contributed by atoms with Crippen molar-refractivity contribution < 1.29 is 19.1 Å². The molecule has 5 N–H and O–H groups in total. The minimum Gasteiger partial charge on any atom is -0.497 e. The number of methoxy groups -OCH3 is 1. The number of rotatable bonds is 8. The Labute approximate surface area is 214 Å². The summed E-state index contributed by atoms with van der Waals surface area (Å²) >= 11 is 0.774. The lowest BCUT2D eigenvalue weighted by molar-refractivity contribution is -0.123. The normalized spacial score (nSPS) is 12.0. The molecule has 0 radical (unpaired) electrons. The van der Waals surface area contributed by atoms with Crippen molar-refractivity contribution in [2.45, 2.75) is 45.7 Å². The summed E-state index contributed by atoms with van der Waals surface area (Å²) in [4.78, 5) is 41.1. The van der Waals surface area contributed by atoms with E-state index in [1.54, 1.807) is 43.5 Å². The van der Waals surface area contributed by atoms with Crippen LogP contribution in [-0.4, -0.2) is 34.7 Å². The van der Waals surface area contributed by atoms with Crippen LogP contribution in [0.3, 0.4) is 0 Å². The maximum Gasteiger partial charge on any atom is 0.273 e. The molecule has 0 aliphatic rings. The number of nitrogens with zero attached hydrogens (tertiary/aromatic N) is 2. The first-order valence-electron chi connectivity index (χ1n) is 11.4. The molecule has 1 atom stereocenters. The van der Waals surface area contributed by atoms with Crippen molar-refractivity contribution in [3.05, 3.63) is 70.2 Å². The SMILES string of the molecule is CCc1ccccc1N(C(=O)c1snc(C(N)=O)c1N)C(C(=O)NC(C)(C)C)c1ccc(OC)cc1. The summed E-state index contributed by atoms with van der Waals surface area (Å²) in [6.45, 7) is 7.55. The van der Waals surface area contributed by atoms with E-state index in [1.165, 1.54) is 4.90 Å². The highest BCUT2D eigenvalue weighted by Gasteiger charge is 2.37. The Kier molecular flexibility index (Phi) is 7.99. The molecule has 2 aromatic carbocycles. The van der Waals surface area contributed by atoms with E-state index in [1.807, 2.05) is 39.8 Å². The van der Waals surface area contributed by atoms with E-state index in [0.717, 1.165) is 17.1 Å². The number of carbonyl (C=O) groups is 3. The third-order valence-electron chi connectivity index (χ3n) is 5.44. The van der Waals surface area contributed by atoms with E-state index in [9.17, 15) is 14.4 Å². The molecule has 1 heterocycles. The van der Waals surface area contributed by atoms with Crippen molar-refractivity contribution >= 4 is 40.6 Å². The largest absolute Gasteiger partial charge is 0.497 e. The highest BCUT2D eigenvalue weighted by atomic mass is 32.1. The minimum atomic E-state index is -1.06. The number of nitrogen functional groups attached to an aromatic ring is 1. The predicted molar refractivity (Wildman–Crippen MR) is 141 cm³/mol. The van der Waals surface area contributed by atoms with Gasteiger partial charge in [0.15, 0.2) is 5.69 Å². The summed E-state index contributed by atoms with van der Waals surface area (Å²) in [7, 11) is 1.55. The lowest BCUT2D eigenvalue weighted by Gasteiger charge is -2.34. The number of hydrogen-bond acceptors (Lipinski definition) is 7. The summed E-state index contributed by atoms with van der Waals surface area (Å²) in [5.74, 6) is -1.17. The molecule has 3 rings (SSSR count). The van der Waals surface area contributed by atoms with Gasteiger partial charge >= 0.3 is 0 Å². The van der Waals surface area contributed by atoms with Crippen LogP contribution in [0.2, 0.25) is 0 Å². The van der Waals surface area contributed by atoms with Crippen LogP contribution in [0.5, 0.6) is 5.75 Å². The number of nitrogens with two attached hydrogens (primary N) is 2. The second-order valence-electron chi connectivity index (χ2n) is 9.21. The summed E-state index contributed by atoms with van der Waals surface area (Å²) in [6.07, 6.45) is 0.612. The fourth-order valence-corrected chi connectivity index (χ4v) is 4.53. The molecule has 0 bridgehead atoms. The zero-order valence-electron chi connectivity index (χ0n) is 21.0. The van der Waals surface area contributed by atoms with E-state index in [-0.39, 0.29) is 22.2 Å². The van der Waals surface area contributed by atoms with Gasteiger partial charge in [0.05, 0.1) is 12.8 Å². The highest BCUT2D eigenvalue weighted by Crippen LogP contribution is 2.35. The van der Waals surface area contributed by atoms with E-state index in [0.29, 0.717) is 23.4 Å². The third-order valence-corrected chi connectivity index (χ3v) is 6.29. The molecule has 0 saturated carbocycles. The van der Waals surface area contributed by atoms with Gasteiger partial charge in [0.2, 0.25) is 5.91 Å². The van der Waals surface area contributed by atoms with Crippen molar-refractivity contribution in [2.75, 3.05) is 17.7 Å². The van der Waals surface area contributed by atoms with Crippen LogP contribution in [-0.2, 0) is 11.2 Å². The van der Waals surface area contributed by atoms with Crippen LogP contribution in [0.4, 0.5) is 11.4 Å². The molecule has 36 heavy (non-hydrogen) atoms. The van der Waals surface area contributed by atoms with Crippen molar-refractivity contribution in [3.8, 4) is 5.75 Å². The molecule has 1 unspecified atom stereocenters. The van der Waals surface area contributed by atoms with E-state index in [2.05, 4.69) is 9.69 Å². The van der Waals surface area contributed by atoms with Crippen LogP contribution in [0, 0.1) is 0 Å². The zero-order chi connectivity index (χ0) is 26.6. The maximum atomic E-state index is 14.1. The monoisotopic (exact) mass is 509 g/mol. The van der Waals surface area contributed by atoms with Gasteiger partial charge in [-0.15, -0.1) is 0 Å². The maximum absolute atomic E-state index is 14.1. The standard InChI is InChI=1S/C26H31N5O4S/c1-6-15-9-7-8-10-18(15)31(25(34)22-19(27)20(23(28)32)30-36-22)21(24(33)29-26(2,3)4)16-11-13-17(35-5)14-12-16/h7-14,21H,6,27H2,1-5H3,(H2,28,32)(H,29,33). The van der Waals surface area contributed by atoms with Crippen LogP contribution < -0.4 is 26.4 Å². The average Bonchev–Trinajstić information content (AvgIpc) is 3.22. The molecule has 9 nitrogen and oxygen atoms in total. The highest BCUT2D eigenvalue weighted by molar-refractivity contribution is 7.09. The van der Waals surface area contributed by atoms with Crippen molar-refractivity contribution in [1.82, 2.24) is 9.69 Å².